The average Bonchev–Trinajstić information content (AvgIpc) is 3.76. The molecule has 57 heavy (non-hydrogen) atoms. The van der Waals surface area contributed by atoms with E-state index in [2.05, 4.69) is 214 Å². The van der Waals surface area contributed by atoms with Crippen LogP contribution in [0, 0.1) is 0 Å². The fourth-order valence-corrected chi connectivity index (χ4v) is 9.50. The molecule has 0 aliphatic heterocycles. The maximum Gasteiger partial charge on any atom is 0.143 e. The molecule has 1 aliphatic carbocycles. The molecule has 1 atom stereocenters. The van der Waals surface area contributed by atoms with Crippen LogP contribution in [0.3, 0.4) is 0 Å². The minimum atomic E-state index is -0.0565. The zero-order valence-electron chi connectivity index (χ0n) is 32.0. The first-order chi connectivity index (χ1) is 28.0. The van der Waals surface area contributed by atoms with Crippen molar-refractivity contribution >= 4 is 32.7 Å². The van der Waals surface area contributed by atoms with Crippen molar-refractivity contribution in [1.29, 1.82) is 0 Å². The van der Waals surface area contributed by atoms with Crippen molar-refractivity contribution in [2.24, 2.45) is 0 Å². The number of furan rings is 1. The first-order valence-electron chi connectivity index (χ1n) is 19.9. The lowest BCUT2D eigenvalue weighted by atomic mass is 9.79. The Bertz CT molecular complexity index is 3130. The number of fused-ring (bicyclic) bond motifs is 8. The van der Waals surface area contributed by atoms with Crippen LogP contribution in [-0.2, 0) is 5.41 Å². The van der Waals surface area contributed by atoms with Crippen molar-refractivity contribution in [3.05, 3.63) is 228 Å². The third-order valence-electron chi connectivity index (χ3n) is 12.4. The summed E-state index contributed by atoms with van der Waals surface area (Å²) in [5.41, 5.74) is 18.3. The second-order valence-corrected chi connectivity index (χ2v) is 16.0. The van der Waals surface area contributed by atoms with Crippen LogP contribution >= 0.6 is 0 Å². The fraction of sp³-hybridized carbons (Fsp3) is 0.0714. The highest BCUT2D eigenvalue weighted by Gasteiger charge is 2.36. The van der Waals surface area contributed by atoms with Crippen molar-refractivity contribution < 1.29 is 4.42 Å². The molecular weight excluding hydrogens is 689 g/mol. The summed E-state index contributed by atoms with van der Waals surface area (Å²) in [5.74, 6) is 0.102. The molecule has 0 radical (unpaired) electrons. The summed E-state index contributed by atoms with van der Waals surface area (Å²) in [4.78, 5) is 0. The van der Waals surface area contributed by atoms with Gasteiger partial charge in [-0.2, -0.15) is 0 Å². The lowest BCUT2D eigenvalue weighted by molar-refractivity contribution is 0.659. The second-order valence-electron chi connectivity index (χ2n) is 16.0. The Morgan fingerprint density at radius 1 is 0.351 bits per heavy atom. The molecule has 11 rings (SSSR count). The molecule has 10 aromatic rings. The first kappa shape index (κ1) is 33.4. The van der Waals surface area contributed by atoms with Crippen LogP contribution in [0.25, 0.3) is 77.2 Å². The monoisotopic (exact) mass is 728 g/mol. The summed E-state index contributed by atoms with van der Waals surface area (Å²) >= 11 is 0. The molecular formula is C56H40O. The van der Waals surface area contributed by atoms with Gasteiger partial charge in [0.25, 0.3) is 0 Å². The number of benzene rings is 9. The van der Waals surface area contributed by atoms with Gasteiger partial charge in [-0.3, -0.25) is 0 Å². The fourth-order valence-electron chi connectivity index (χ4n) is 9.50. The number of hydrogen-bond donors (Lipinski definition) is 0. The van der Waals surface area contributed by atoms with Gasteiger partial charge < -0.3 is 4.42 Å². The quantitative estimate of drug-likeness (QED) is 0.155. The lowest BCUT2D eigenvalue weighted by Crippen LogP contribution is -2.15. The standard InChI is InChI=1S/C56H40O/c1-56(2)51-23-12-11-21-45(51)46-30-29-43(33-52(46)56)54(38-16-7-4-8-17-38)39-26-24-37(25-27-39)49-35-50-47-31-28-42(34-53(47)57-55(50)48-22-10-9-20-44(48)49)41-19-13-18-40(32-41)36-14-5-3-6-15-36/h3-35,54H,1-2H3. The van der Waals surface area contributed by atoms with Gasteiger partial charge in [0, 0.05) is 27.5 Å². The van der Waals surface area contributed by atoms with E-state index in [0.717, 1.165) is 32.9 Å². The van der Waals surface area contributed by atoms with E-state index in [4.69, 9.17) is 4.42 Å². The molecule has 0 spiro atoms. The van der Waals surface area contributed by atoms with Crippen molar-refractivity contribution in [2.45, 2.75) is 25.2 Å². The van der Waals surface area contributed by atoms with Gasteiger partial charge in [-0.25, -0.2) is 0 Å². The van der Waals surface area contributed by atoms with E-state index in [-0.39, 0.29) is 11.3 Å². The highest BCUT2D eigenvalue weighted by Crippen LogP contribution is 2.50. The Balaban J connectivity index is 0.998. The van der Waals surface area contributed by atoms with Crippen molar-refractivity contribution in [3.8, 4) is 44.5 Å². The van der Waals surface area contributed by atoms with Crippen LogP contribution in [-0.4, -0.2) is 0 Å². The van der Waals surface area contributed by atoms with Gasteiger partial charge in [0.2, 0.25) is 0 Å². The molecule has 1 aromatic heterocycles. The molecule has 1 heterocycles. The zero-order valence-corrected chi connectivity index (χ0v) is 32.0. The highest BCUT2D eigenvalue weighted by atomic mass is 16.3. The maximum atomic E-state index is 6.75. The maximum absolute atomic E-state index is 6.75. The molecule has 1 nitrogen and oxygen atoms in total. The van der Waals surface area contributed by atoms with Gasteiger partial charge in [-0.1, -0.05) is 190 Å². The number of hydrogen-bond acceptors (Lipinski definition) is 1. The summed E-state index contributed by atoms with van der Waals surface area (Å²) in [6.45, 7) is 4.73. The van der Waals surface area contributed by atoms with Crippen LogP contribution in [0.15, 0.2) is 205 Å². The molecule has 0 bridgehead atoms. The van der Waals surface area contributed by atoms with Crippen LogP contribution in [0.5, 0.6) is 0 Å². The average molecular weight is 729 g/mol. The Labute approximate surface area is 333 Å². The van der Waals surface area contributed by atoms with Gasteiger partial charge in [-0.05, 0) is 102 Å². The normalized spacial score (nSPS) is 13.5. The van der Waals surface area contributed by atoms with E-state index in [1.807, 2.05) is 0 Å². The molecule has 0 N–H and O–H groups in total. The van der Waals surface area contributed by atoms with E-state index in [1.54, 1.807) is 0 Å². The summed E-state index contributed by atoms with van der Waals surface area (Å²) in [6, 6.07) is 73.3. The van der Waals surface area contributed by atoms with E-state index >= 15 is 0 Å². The third-order valence-corrected chi connectivity index (χ3v) is 12.4. The second kappa shape index (κ2) is 13.1. The summed E-state index contributed by atoms with van der Waals surface area (Å²) in [6.07, 6.45) is 0. The molecule has 0 fully saturated rings. The molecule has 1 aliphatic rings. The SMILES string of the molecule is CC1(C)c2ccccc2-c2ccc(C(c3ccccc3)c3ccc(-c4cc5c6ccc(-c7cccc(-c8ccccc8)c7)cc6oc5c5ccccc45)cc3)cc21. The van der Waals surface area contributed by atoms with E-state index in [9.17, 15) is 0 Å². The highest BCUT2D eigenvalue weighted by molar-refractivity contribution is 6.19. The molecule has 0 amide bonds. The Morgan fingerprint density at radius 3 is 1.75 bits per heavy atom. The van der Waals surface area contributed by atoms with E-state index in [0.29, 0.717) is 0 Å². The van der Waals surface area contributed by atoms with Crippen LogP contribution in [0.1, 0.15) is 47.6 Å². The van der Waals surface area contributed by atoms with E-state index in [1.165, 1.54) is 72.1 Å². The van der Waals surface area contributed by atoms with Gasteiger partial charge in [-0.15, -0.1) is 0 Å². The summed E-state index contributed by atoms with van der Waals surface area (Å²) in [5, 5.41) is 4.58. The van der Waals surface area contributed by atoms with E-state index < -0.39 is 0 Å². The summed E-state index contributed by atoms with van der Waals surface area (Å²) < 4.78 is 6.75. The topological polar surface area (TPSA) is 13.1 Å². The van der Waals surface area contributed by atoms with Crippen LogP contribution in [0.4, 0.5) is 0 Å². The summed E-state index contributed by atoms with van der Waals surface area (Å²) in [7, 11) is 0. The van der Waals surface area contributed by atoms with Gasteiger partial charge >= 0.3 is 0 Å². The molecule has 1 unspecified atom stereocenters. The number of rotatable bonds is 6. The van der Waals surface area contributed by atoms with Gasteiger partial charge in [0.05, 0.1) is 0 Å². The van der Waals surface area contributed by atoms with Crippen LogP contribution in [0.2, 0.25) is 0 Å². The lowest BCUT2D eigenvalue weighted by Gasteiger charge is -2.24. The molecule has 0 saturated carbocycles. The Hall–Kier alpha value is -6.96. The minimum absolute atomic E-state index is 0.0565. The van der Waals surface area contributed by atoms with Crippen LogP contribution < -0.4 is 0 Å². The van der Waals surface area contributed by atoms with Crippen molar-refractivity contribution in [1.82, 2.24) is 0 Å². The molecule has 9 aromatic carbocycles. The Morgan fingerprint density at radius 2 is 0.947 bits per heavy atom. The van der Waals surface area contributed by atoms with Crippen molar-refractivity contribution in [2.75, 3.05) is 0 Å². The largest absolute Gasteiger partial charge is 0.455 e. The van der Waals surface area contributed by atoms with Gasteiger partial charge in [0.1, 0.15) is 11.2 Å². The molecule has 1 heteroatoms. The smallest absolute Gasteiger partial charge is 0.143 e. The predicted octanol–water partition coefficient (Wildman–Crippen LogP) is 15.2. The zero-order chi connectivity index (χ0) is 38.1. The predicted molar refractivity (Wildman–Crippen MR) is 239 cm³/mol. The molecule has 270 valence electrons. The minimum Gasteiger partial charge on any atom is -0.455 e. The third kappa shape index (κ3) is 5.46. The Kier molecular flexibility index (Phi) is 7.66. The molecule has 0 saturated heterocycles. The first-order valence-corrected chi connectivity index (χ1v) is 19.9. The van der Waals surface area contributed by atoms with Crippen molar-refractivity contribution in [3.63, 3.8) is 0 Å². The van der Waals surface area contributed by atoms with Gasteiger partial charge in [0.15, 0.2) is 0 Å².